The van der Waals surface area contributed by atoms with Gasteiger partial charge in [-0.2, -0.15) is 0 Å². The number of para-hydroxylation sites is 2. The lowest BCUT2D eigenvalue weighted by Gasteiger charge is -2.09. The molecule has 0 aliphatic heterocycles. The van der Waals surface area contributed by atoms with Crippen LogP contribution in [0.25, 0.3) is 0 Å². The van der Waals surface area contributed by atoms with Gasteiger partial charge in [0.1, 0.15) is 9.90 Å². The van der Waals surface area contributed by atoms with E-state index >= 15 is 0 Å². The van der Waals surface area contributed by atoms with Crippen LogP contribution >= 0.6 is 11.3 Å². The molecule has 1 heterocycles. The molecule has 0 unspecified atom stereocenters. The van der Waals surface area contributed by atoms with Crippen LogP contribution in [0.2, 0.25) is 0 Å². The smallest absolute Gasteiger partial charge is 0.292 e. The molecular weight excluding hydrogens is 440 g/mol. The number of benzene rings is 2. The summed E-state index contributed by atoms with van der Waals surface area (Å²) in [5.74, 6) is -0.212. The zero-order valence-electron chi connectivity index (χ0n) is 16.3. The first-order chi connectivity index (χ1) is 14.8. The van der Waals surface area contributed by atoms with Crippen LogP contribution in [0.3, 0.4) is 0 Å². The fourth-order valence-electron chi connectivity index (χ4n) is 2.74. The Morgan fingerprint density at radius 2 is 1.74 bits per heavy atom. The lowest BCUT2D eigenvalue weighted by molar-refractivity contribution is -0.384. The number of nitrogens with one attached hydrogen (secondary N) is 3. The van der Waals surface area contributed by atoms with E-state index in [0.29, 0.717) is 24.5 Å². The molecule has 162 valence electrons. The average molecular weight is 461 g/mol. The summed E-state index contributed by atoms with van der Waals surface area (Å²) >= 11 is 1.13. The number of amides is 1. The van der Waals surface area contributed by atoms with Gasteiger partial charge in [-0.15, -0.1) is 11.3 Å². The molecule has 31 heavy (non-hydrogen) atoms. The number of carbonyl (C=O) groups is 1. The van der Waals surface area contributed by atoms with Crippen molar-refractivity contribution in [2.24, 2.45) is 0 Å². The summed E-state index contributed by atoms with van der Waals surface area (Å²) in [5, 5.41) is 18.3. The second-order valence-corrected chi connectivity index (χ2v) is 9.32. The van der Waals surface area contributed by atoms with Crippen LogP contribution in [0.1, 0.15) is 5.56 Å². The van der Waals surface area contributed by atoms with Crippen LogP contribution in [0.15, 0.2) is 70.3 Å². The molecule has 3 aromatic rings. The summed E-state index contributed by atoms with van der Waals surface area (Å²) < 4.78 is 27.2. The van der Waals surface area contributed by atoms with Gasteiger partial charge >= 0.3 is 0 Å². The second-order valence-electron chi connectivity index (χ2n) is 6.46. The quantitative estimate of drug-likeness (QED) is 0.242. The molecule has 11 heteroatoms. The van der Waals surface area contributed by atoms with Gasteiger partial charge in [0.2, 0.25) is 5.91 Å². The summed E-state index contributed by atoms with van der Waals surface area (Å²) in [7, 11) is -3.61. The number of carbonyl (C=O) groups excluding carboxylic acids is 1. The molecule has 1 amide bonds. The maximum Gasteiger partial charge on any atom is 0.292 e. The minimum atomic E-state index is -3.61. The van der Waals surface area contributed by atoms with Crippen molar-refractivity contribution in [3.63, 3.8) is 0 Å². The Kier molecular flexibility index (Phi) is 7.21. The molecule has 0 spiro atoms. The van der Waals surface area contributed by atoms with Crippen molar-refractivity contribution in [3.05, 3.63) is 81.7 Å². The van der Waals surface area contributed by atoms with Crippen LogP contribution in [-0.4, -0.2) is 32.3 Å². The Morgan fingerprint density at radius 1 is 1.00 bits per heavy atom. The molecule has 0 aliphatic rings. The molecule has 3 rings (SSSR count). The highest BCUT2D eigenvalue weighted by molar-refractivity contribution is 7.94. The summed E-state index contributed by atoms with van der Waals surface area (Å²) in [6, 6.07) is 16.0. The minimum Gasteiger partial charge on any atom is -0.378 e. The van der Waals surface area contributed by atoms with Crippen LogP contribution in [0.4, 0.5) is 17.1 Å². The van der Waals surface area contributed by atoms with E-state index in [1.54, 1.807) is 53.9 Å². The Labute approximate surface area is 183 Å². The Morgan fingerprint density at radius 3 is 2.42 bits per heavy atom. The van der Waals surface area contributed by atoms with Crippen molar-refractivity contribution < 1.29 is 18.1 Å². The number of sulfonamides is 1. The number of hydrogen-bond donors (Lipinski definition) is 3. The standard InChI is InChI=1S/C20H20N4O5S2/c25-19(22-12-11-21-17-4-1-2-5-18(17)24(26)27)14-15-7-9-16(10-8-15)23-31(28,29)20-6-3-13-30-20/h1-10,13,21,23H,11-12,14H2,(H,22,25). The molecule has 0 saturated heterocycles. The van der Waals surface area contributed by atoms with E-state index in [2.05, 4.69) is 15.4 Å². The zero-order chi connectivity index (χ0) is 22.3. The number of nitro benzene ring substituents is 1. The van der Waals surface area contributed by atoms with Crippen molar-refractivity contribution in [1.29, 1.82) is 0 Å². The van der Waals surface area contributed by atoms with E-state index in [4.69, 9.17) is 0 Å². The molecule has 0 fully saturated rings. The third kappa shape index (κ3) is 6.27. The SMILES string of the molecule is O=C(Cc1ccc(NS(=O)(=O)c2cccs2)cc1)NCCNc1ccccc1[N+](=O)[O-]. The van der Waals surface area contributed by atoms with E-state index in [1.165, 1.54) is 12.1 Å². The monoisotopic (exact) mass is 460 g/mol. The molecule has 3 N–H and O–H groups in total. The first-order valence-electron chi connectivity index (χ1n) is 9.24. The maximum absolute atomic E-state index is 12.2. The van der Waals surface area contributed by atoms with Gasteiger partial charge in [0.15, 0.2) is 0 Å². The number of rotatable bonds is 10. The maximum atomic E-state index is 12.2. The van der Waals surface area contributed by atoms with Gasteiger partial charge in [-0.3, -0.25) is 19.6 Å². The van der Waals surface area contributed by atoms with Crippen LogP contribution in [-0.2, 0) is 21.2 Å². The Hall–Kier alpha value is -3.44. The van der Waals surface area contributed by atoms with Gasteiger partial charge in [-0.05, 0) is 35.2 Å². The van der Waals surface area contributed by atoms with E-state index in [-0.39, 0.29) is 22.2 Å². The van der Waals surface area contributed by atoms with E-state index < -0.39 is 14.9 Å². The van der Waals surface area contributed by atoms with Crippen molar-refractivity contribution in [2.75, 3.05) is 23.1 Å². The minimum absolute atomic E-state index is 0.0244. The largest absolute Gasteiger partial charge is 0.378 e. The fraction of sp³-hybridized carbons (Fsp3) is 0.150. The number of nitro groups is 1. The molecular formula is C20H20N4O5S2. The van der Waals surface area contributed by atoms with E-state index in [9.17, 15) is 23.3 Å². The molecule has 1 aromatic heterocycles. The molecule has 0 radical (unpaired) electrons. The normalized spacial score (nSPS) is 11.0. The van der Waals surface area contributed by atoms with E-state index in [0.717, 1.165) is 16.9 Å². The van der Waals surface area contributed by atoms with Crippen LogP contribution in [0.5, 0.6) is 0 Å². The van der Waals surface area contributed by atoms with Crippen LogP contribution < -0.4 is 15.4 Å². The highest BCUT2D eigenvalue weighted by Crippen LogP contribution is 2.23. The highest BCUT2D eigenvalue weighted by atomic mass is 32.2. The summed E-state index contributed by atoms with van der Waals surface area (Å²) in [6.45, 7) is 0.629. The summed E-state index contributed by atoms with van der Waals surface area (Å²) in [4.78, 5) is 22.6. The summed E-state index contributed by atoms with van der Waals surface area (Å²) in [5.41, 5.74) is 1.50. The number of nitrogens with zero attached hydrogens (tertiary/aromatic N) is 1. The molecule has 0 bridgehead atoms. The van der Waals surface area contributed by atoms with Crippen molar-refractivity contribution in [1.82, 2.24) is 5.32 Å². The summed E-state index contributed by atoms with van der Waals surface area (Å²) in [6.07, 6.45) is 0.128. The molecule has 2 aromatic carbocycles. The molecule has 0 aliphatic carbocycles. The van der Waals surface area contributed by atoms with Gasteiger partial charge in [0.25, 0.3) is 15.7 Å². The predicted molar refractivity (Wildman–Crippen MR) is 120 cm³/mol. The lowest BCUT2D eigenvalue weighted by atomic mass is 10.1. The number of hydrogen-bond acceptors (Lipinski definition) is 7. The Balaban J connectivity index is 1.45. The lowest BCUT2D eigenvalue weighted by Crippen LogP contribution is -2.30. The van der Waals surface area contributed by atoms with Gasteiger partial charge in [0.05, 0.1) is 11.3 Å². The third-order valence-corrected chi connectivity index (χ3v) is 6.97. The average Bonchev–Trinajstić information content (AvgIpc) is 3.29. The third-order valence-electron chi connectivity index (χ3n) is 4.19. The number of thiophene rings is 1. The first kappa shape index (κ1) is 22.2. The number of anilines is 2. The van der Waals surface area contributed by atoms with E-state index in [1.807, 2.05) is 0 Å². The van der Waals surface area contributed by atoms with Crippen LogP contribution in [0, 0.1) is 10.1 Å². The molecule has 0 saturated carbocycles. The Bertz CT molecular complexity index is 1150. The zero-order valence-corrected chi connectivity index (χ0v) is 17.9. The van der Waals surface area contributed by atoms with Gasteiger partial charge in [-0.25, -0.2) is 8.42 Å². The highest BCUT2D eigenvalue weighted by Gasteiger charge is 2.15. The van der Waals surface area contributed by atoms with Gasteiger partial charge in [0, 0.05) is 24.8 Å². The van der Waals surface area contributed by atoms with Gasteiger partial charge in [-0.1, -0.05) is 30.3 Å². The predicted octanol–water partition coefficient (Wildman–Crippen LogP) is 3.23. The first-order valence-corrected chi connectivity index (χ1v) is 11.6. The molecule has 9 nitrogen and oxygen atoms in total. The topological polar surface area (TPSA) is 130 Å². The molecule has 0 atom stereocenters. The second kappa shape index (κ2) is 10.0. The van der Waals surface area contributed by atoms with Gasteiger partial charge < -0.3 is 10.6 Å². The fourth-order valence-corrected chi connectivity index (χ4v) is 4.79. The van der Waals surface area contributed by atoms with Crippen molar-refractivity contribution >= 4 is 44.3 Å². The van der Waals surface area contributed by atoms with Crippen molar-refractivity contribution in [2.45, 2.75) is 10.6 Å². The van der Waals surface area contributed by atoms with Crippen molar-refractivity contribution in [3.8, 4) is 0 Å².